The van der Waals surface area contributed by atoms with Gasteiger partial charge < -0.3 is 10.6 Å². The maximum atomic E-state index is 12.2. The smallest absolute Gasteiger partial charge is 0.275 e. The Morgan fingerprint density at radius 2 is 1.79 bits per heavy atom. The molecule has 0 aliphatic carbocycles. The van der Waals surface area contributed by atoms with E-state index in [0.717, 1.165) is 11.3 Å². The number of nitrogens with one attached hydrogen (secondary N) is 2. The molecule has 1 aromatic heterocycles. The summed E-state index contributed by atoms with van der Waals surface area (Å²) in [5.41, 5.74) is 2.89. The van der Waals surface area contributed by atoms with Crippen molar-refractivity contribution in [2.75, 3.05) is 10.6 Å². The van der Waals surface area contributed by atoms with Gasteiger partial charge in [-0.2, -0.15) is 0 Å². The lowest BCUT2D eigenvalue weighted by Crippen LogP contribution is -2.14. The van der Waals surface area contributed by atoms with Crippen molar-refractivity contribution in [2.24, 2.45) is 0 Å². The van der Waals surface area contributed by atoms with E-state index in [4.69, 9.17) is 11.6 Å². The van der Waals surface area contributed by atoms with E-state index in [1.54, 1.807) is 12.1 Å². The number of nitrogens with zero attached hydrogens (tertiary/aromatic N) is 2. The molecule has 0 bridgehead atoms. The molecular weight excluding hydrogens is 324 g/mol. The highest BCUT2D eigenvalue weighted by Crippen LogP contribution is 2.18. The molecular formula is C18H15ClN4O. The fourth-order valence-corrected chi connectivity index (χ4v) is 2.25. The number of aryl methyl sites for hydroxylation is 1. The Labute approximate surface area is 144 Å². The zero-order valence-electron chi connectivity index (χ0n) is 13.0. The average molecular weight is 339 g/mol. The standard InChI is InChI=1S/C18H15ClN4O/c1-12-5-7-14(8-6-12)23-18(24)16-10-21-17(11-20-16)22-15-4-2-3-13(19)9-15/h2-11H,1H3,(H,21,22)(H,23,24). The van der Waals surface area contributed by atoms with Crippen LogP contribution in [0.25, 0.3) is 0 Å². The van der Waals surface area contributed by atoms with Crippen LogP contribution in [0, 0.1) is 6.92 Å². The lowest BCUT2D eigenvalue weighted by Gasteiger charge is -2.07. The molecule has 0 radical (unpaired) electrons. The Kier molecular flexibility index (Phi) is 4.72. The molecule has 1 amide bonds. The summed E-state index contributed by atoms with van der Waals surface area (Å²) in [7, 11) is 0. The molecule has 0 saturated carbocycles. The van der Waals surface area contributed by atoms with Crippen molar-refractivity contribution >= 4 is 34.7 Å². The van der Waals surface area contributed by atoms with E-state index in [2.05, 4.69) is 20.6 Å². The first-order valence-corrected chi connectivity index (χ1v) is 7.70. The van der Waals surface area contributed by atoms with Gasteiger partial charge in [-0.15, -0.1) is 0 Å². The summed E-state index contributed by atoms with van der Waals surface area (Å²) in [5, 5.41) is 6.49. The number of hydrogen-bond donors (Lipinski definition) is 2. The molecule has 0 spiro atoms. The molecule has 120 valence electrons. The van der Waals surface area contributed by atoms with Crippen LogP contribution in [-0.4, -0.2) is 15.9 Å². The Balaban J connectivity index is 1.67. The third-order valence-corrected chi connectivity index (χ3v) is 3.53. The fraction of sp³-hybridized carbons (Fsp3) is 0.0556. The minimum absolute atomic E-state index is 0.243. The van der Waals surface area contributed by atoms with Gasteiger partial charge in [0.2, 0.25) is 0 Å². The lowest BCUT2D eigenvalue weighted by molar-refractivity contribution is 0.102. The quantitative estimate of drug-likeness (QED) is 0.738. The van der Waals surface area contributed by atoms with Crippen molar-refractivity contribution in [3.05, 3.63) is 77.2 Å². The van der Waals surface area contributed by atoms with Crippen LogP contribution in [0.1, 0.15) is 16.1 Å². The minimum Gasteiger partial charge on any atom is -0.339 e. The number of amides is 1. The van der Waals surface area contributed by atoms with Crippen molar-refractivity contribution in [3.63, 3.8) is 0 Å². The topological polar surface area (TPSA) is 66.9 Å². The van der Waals surface area contributed by atoms with Gasteiger partial charge in [0.05, 0.1) is 12.4 Å². The van der Waals surface area contributed by atoms with Crippen LogP contribution in [0.5, 0.6) is 0 Å². The normalized spacial score (nSPS) is 10.2. The monoisotopic (exact) mass is 338 g/mol. The van der Waals surface area contributed by atoms with Crippen molar-refractivity contribution < 1.29 is 4.79 Å². The summed E-state index contributed by atoms with van der Waals surface area (Å²) in [6.45, 7) is 1.99. The lowest BCUT2D eigenvalue weighted by atomic mass is 10.2. The van der Waals surface area contributed by atoms with Crippen LogP contribution in [-0.2, 0) is 0 Å². The first-order chi connectivity index (χ1) is 11.6. The van der Waals surface area contributed by atoms with Crippen molar-refractivity contribution in [1.29, 1.82) is 0 Å². The highest BCUT2D eigenvalue weighted by Gasteiger charge is 2.08. The van der Waals surface area contributed by atoms with Crippen LogP contribution in [0.2, 0.25) is 5.02 Å². The molecule has 0 saturated heterocycles. The van der Waals surface area contributed by atoms with Gasteiger partial charge in [-0.3, -0.25) is 4.79 Å². The zero-order valence-corrected chi connectivity index (χ0v) is 13.7. The summed E-state index contributed by atoms with van der Waals surface area (Å²) >= 11 is 5.94. The molecule has 6 heteroatoms. The molecule has 5 nitrogen and oxygen atoms in total. The van der Waals surface area contributed by atoms with Gasteiger partial charge in [0, 0.05) is 16.4 Å². The van der Waals surface area contributed by atoms with E-state index in [1.807, 2.05) is 43.3 Å². The van der Waals surface area contributed by atoms with E-state index in [0.29, 0.717) is 16.5 Å². The van der Waals surface area contributed by atoms with Gasteiger partial charge in [0.1, 0.15) is 11.5 Å². The maximum Gasteiger partial charge on any atom is 0.275 e. The van der Waals surface area contributed by atoms with Crippen LogP contribution >= 0.6 is 11.6 Å². The Bertz CT molecular complexity index is 848. The average Bonchev–Trinajstić information content (AvgIpc) is 2.57. The van der Waals surface area contributed by atoms with E-state index in [-0.39, 0.29) is 11.6 Å². The molecule has 0 atom stereocenters. The molecule has 0 unspecified atom stereocenters. The number of benzene rings is 2. The molecule has 1 heterocycles. The predicted molar refractivity (Wildman–Crippen MR) is 95.9 cm³/mol. The molecule has 3 aromatic rings. The Hall–Kier alpha value is -2.92. The first kappa shape index (κ1) is 16.0. The second-order valence-electron chi connectivity index (χ2n) is 5.24. The maximum absolute atomic E-state index is 12.2. The predicted octanol–water partition coefficient (Wildman–Crippen LogP) is 4.43. The van der Waals surface area contributed by atoms with Gasteiger partial charge in [-0.05, 0) is 37.3 Å². The summed E-state index contributed by atoms with van der Waals surface area (Å²) in [6, 6.07) is 14.8. The van der Waals surface area contributed by atoms with Crippen LogP contribution in [0.4, 0.5) is 17.2 Å². The van der Waals surface area contributed by atoms with Crippen molar-refractivity contribution in [1.82, 2.24) is 9.97 Å². The second-order valence-corrected chi connectivity index (χ2v) is 5.68. The van der Waals surface area contributed by atoms with E-state index in [9.17, 15) is 4.79 Å². The van der Waals surface area contributed by atoms with E-state index < -0.39 is 0 Å². The van der Waals surface area contributed by atoms with E-state index >= 15 is 0 Å². The number of hydrogen-bond acceptors (Lipinski definition) is 4. The zero-order chi connectivity index (χ0) is 16.9. The van der Waals surface area contributed by atoms with Crippen molar-refractivity contribution in [2.45, 2.75) is 6.92 Å². The minimum atomic E-state index is -0.305. The van der Waals surface area contributed by atoms with Gasteiger partial charge in [-0.25, -0.2) is 9.97 Å². The number of aromatic nitrogens is 2. The largest absolute Gasteiger partial charge is 0.339 e. The first-order valence-electron chi connectivity index (χ1n) is 7.33. The number of anilines is 3. The van der Waals surface area contributed by atoms with Gasteiger partial charge in [-0.1, -0.05) is 35.4 Å². The van der Waals surface area contributed by atoms with Gasteiger partial charge >= 0.3 is 0 Å². The van der Waals surface area contributed by atoms with Gasteiger partial charge in [0.15, 0.2) is 0 Å². The van der Waals surface area contributed by atoms with E-state index in [1.165, 1.54) is 12.4 Å². The summed E-state index contributed by atoms with van der Waals surface area (Å²) in [4.78, 5) is 20.5. The summed E-state index contributed by atoms with van der Waals surface area (Å²) in [6.07, 6.45) is 2.93. The molecule has 0 aliphatic rings. The molecule has 0 fully saturated rings. The number of carbonyl (C=O) groups excluding carboxylic acids is 1. The molecule has 3 rings (SSSR count). The van der Waals surface area contributed by atoms with Crippen LogP contribution in [0.15, 0.2) is 60.9 Å². The summed E-state index contributed by atoms with van der Waals surface area (Å²) < 4.78 is 0. The molecule has 0 aliphatic heterocycles. The van der Waals surface area contributed by atoms with Crippen molar-refractivity contribution in [3.8, 4) is 0 Å². The SMILES string of the molecule is Cc1ccc(NC(=O)c2cnc(Nc3cccc(Cl)c3)cn2)cc1. The highest BCUT2D eigenvalue weighted by molar-refractivity contribution is 6.30. The second kappa shape index (κ2) is 7.10. The number of carbonyl (C=O) groups is 1. The Morgan fingerprint density at radius 1 is 1.00 bits per heavy atom. The third kappa shape index (κ3) is 4.08. The number of rotatable bonds is 4. The third-order valence-electron chi connectivity index (χ3n) is 3.29. The number of halogens is 1. The molecule has 24 heavy (non-hydrogen) atoms. The molecule has 2 aromatic carbocycles. The van der Waals surface area contributed by atoms with Crippen LogP contribution < -0.4 is 10.6 Å². The summed E-state index contributed by atoms with van der Waals surface area (Å²) in [5.74, 6) is 0.227. The Morgan fingerprint density at radius 3 is 2.46 bits per heavy atom. The van der Waals surface area contributed by atoms with Crippen LogP contribution in [0.3, 0.4) is 0 Å². The van der Waals surface area contributed by atoms with Gasteiger partial charge in [0.25, 0.3) is 5.91 Å². The molecule has 2 N–H and O–H groups in total. The highest BCUT2D eigenvalue weighted by atomic mass is 35.5. The fourth-order valence-electron chi connectivity index (χ4n) is 2.06.